The fraction of sp³-hybridized carbons (Fsp3) is 0.586. The van der Waals surface area contributed by atoms with E-state index in [1.54, 1.807) is 25.0 Å². The molecule has 39 heavy (non-hydrogen) atoms. The Hall–Kier alpha value is -3.56. The lowest BCUT2D eigenvalue weighted by Gasteiger charge is -2.24. The molecule has 0 saturated heterocycles. The number of aromatic nitrogens is 2. The van der Waals surface area contributed by atoms with E-state index in [4.69, 9.17) is 14.6 Å². The van der Waals surface area contributed by atoms with Crippen LogP contribution in [0.25, 0.3) is 11.3 Å². The lowest BCUT2D eigenvalue weighted by Crippen LogP contribution is -2.40. The van der Waals surface area contributed by atoms with Gasteiger partial charge in [0.1, 0.15) is 18.0 Å². The molecule has 3 rings (SSSR count). The van der Waals surface area contributed by atoms with Crippen LogP contribution in [-0.2, 0) is 16.1 Å². The molecule has 0 bridgehead atoms. The topological polar surface area (TPSA) is 132 Å². The van der Waals surface area contributed by atoms with Gasteiger partial charge in [-0.3, -0.25) is 19.1 Å². The number of carboxylic acid groups (broad SMARTS) is 1. The molecule has 0 aliphatic heterocycles. The molecule has 1 atom stereocenters. The van der Waals surface area contributed by atoms with Gasteiger partial charge in [0, 0.05) is 19.0 Å². The first-order chi connectivity index (χ1) is 18.7. The third kappa shape index (κ3) is 8.73. The number of amides is 2. The summed E-state index contributed by atoms with van der Waals surface area (Å²) in [6.45, 7) is 4.27. The van der Waals surface area contributed by atoms with Gasteiger partial charge in [-0.05, 0) is 42.9 Å². The molecule has 214 valence electrons. The van der Waals surface area contributed by atoms with Crippen molar-refractivity contribution in [1.29, 1.82) is 0 Å². The number of ether oxygens (including phenoxy) is 2. The molecule has 10 nitrogen and oxygen atoms in total. The molecule has 1 aromatic carbocycles. The molecule has 3 N–H and O–H groups in total. The number of benzene rings is 1. The van der Waals surface area contributed by atoms with Crippen LogP contribution in [0, 0.1) is 11.8 Å². The van der Waals surface area contributed by atoms with Crippen molar-refractivity contribution in [1.82, 2.24) is 20.4 Å². The quantitative estimate of drug-likeness (QED) is 0.325. The maximum absolute atomic E-state index is 13.5. The molecule has 0 radical (unpaired) electrons. The third-order valence-corrected chi connectivity index (χ3v) is 7.09. The minimum atomic E-state index is -1.11. The average molecular weight is 543 g/mol. The summed E-state index contributed by atoms with van der Waals surface area (Å²) in [5, 5.41) is 19.0. The first-order valence-electron chi connectivity index (χ1n) is 13.8. The number of rotatable bonds is 14. The van der Waals surface area contributed by atoms with Crippen LogP contribution in [0.5, 0.6) is 11.5 Å². The fourth-order valence-corrected chi connectivity index (χ4v) is 5.19. The van der Waals surface area contributed by atoms with Gasteiger partial charge >= 0.3 is 5.97 Å². The predicted octanol–water partition coefficient (Wildman–Crippen LogP) is 4.27. The highest BCUT2D eigenvalue weighted by Crippen LogP contribution is 2.39. The van der Waals surface area contributed by atoms with Crippen molar-refractivity contribution in [3.05, 3.63) is 30.0 Å². The summed E-state index contributed by atoms with van der Waals surface area (Å²) in [6.07, 6.45) is 7.55. The van der Waals surface area contributed by atoms with Gasteiger partial charge in [-0.25, -0.2) is 0 Å². The Labute approximate surface area is 230 Å². The standard InChI is InChI=1S/C29H42N4O6/c1-19(2)18-33-23(28-24(38-3)11-8-12-25(28)39-4)16-22(32-33)29(37)31-21(15-26(34)30-17-27(35)36)14-13-20-9-6-5-7-10-20/h8,11-12,16,19-21H,5-7,9-10,13-15,17-18H2,1-4H3,(H,30,34)(H,31,37)(H,35,36)/t21-/m0/s1. The lowest BCUT2D eigenvalue weighted by atomic mass is 9.85. The Balaban J connectivity index is 1.85. The summed E-state index contributed by atoms with van der Waals surface area (Å²) < 4.78 is 13.0. The van der Waals surface area contributed by atoms with Gasteiger partial charge in [0.05, 0.1) is 25.5 Å². The molecule has 10 heteroatoms. The van der Waals surface area contributed by atoms with E-state index < -0.39 is 24.5 Å². The molecule has 1 aliphatic carbocycles. The van der Waals surface area contributed by atoms with E-state index in [2.05, 4.69) is 29.6 Å². The Morgan fingerprint density at radius 3 is 2.36 bits per heavy atom. The van der Waals surface area contributed by atoms with Gasteiger partial charge in [0.15, 0.2) is 5.69 Å². The van der Waals surface area contributed by atoms with Crippen LogP contribution >= 0.6 is 0 Å². The largest absolute Gasteiger partial charge is 0.496 e. The molecule has 1 fully saturated rings. The van der Waals surface area contributed by atoms with Crippen LogP contribution in [-0.4, -0.2) is 59.5 Å². The number of carbonyl (C=O) groups excluding carboxylic acids is 2. The van der Waals surface area contributed by atoms with Crippen LogP contribution in [0.4, 0.5) is 0 Å². The molecule has 1 heterocycles. The van der Waals surface area contributed by atoms with E-state index >= 15 is 0 Å². The minimum Gasteiger partial charge on any atom is -0.496 e. The highest BCUT2D eigenvalue weighted by molar-refractivity contribution is 5.94. The van der Waals surface area contributed by atoms with E-state index in [-0.39, 0.29) is 23.9 Å². The Kier molecular flexibility index (Phi) is 11.2. The number of hydrogen-bond donors (Lipinski definition) is 3. The van der Waals surface area contributed by atoms with Crippen LogP contribution in [0.3, 0.4) is 0 Å². The van der Waals surface area contributed by atoms with Crippen molar-refractivity contribution in [3.63, 3.8) is 0 Å². The van der Waals surface area contributed by atoms with Crippen LogP contribution in [0.2, 0.25) is 0 Å². The van der Waals surface area contributed by atoms with E-state index in [1.807, 2.05) is 18.2 Å². The van der Waals surface area contributed by atoms with Crippen LogP contribution < -0.4 is 20.1 Å². The second-order valence-electron chi connectivity index (χ2n) is 10.7. The number of hydrogen-bond acceptors (Lipinski definition) is 6. The molecular weight excluding hydrogens is 500 g/mol. The predicted molar refractivity (Wildman–Crippen MR) is 148 cm³/mol. The number of nitrogens with one attached hydrogen (secondary N) is 2. The maximum atomic E-state index is 13.5. The lowest BCUT2D eigenvalue weighted by molar-refractivity contribution is -0.138. The van der Waals surface area contributed by atoms with Crippen LogP contribution in [0.1, 0.15) is 75.7 Å². The molecule has 0 unspecified atom stereocenters. The van der Waals surface area contributed by atoms with E-state index in [0.29, 0.717) is 41.6 Å². The summed E-state index contributed by atoms with van der Waals surface area (Å²) >= 11 is 0. The summed E-state index contributed by atoms with van der Waals surface area (Å²) in [5.41, 5.74) is 1.63. The number of nitrogens with zero attached hydrogens (tertiary/aromatic N) is 2. The van der Waals surface area contributed by atoms with E-state index in [9.17, 15) is 14.4 Å². The zero-order valence-electron chi connectivity index (χ0n) is 23.5. The normalized spacial score (nSPS) is 14.6. The zero-order valence-corrected chi connectivity index (χ0v) is 23.5. The van der Waals surface area contributed by atoms with Crippen molar-refractivity contribution < 1.29 is 29.0 Å². The van der Waals surface area contributed by atoms with Crippen molar-refractivity contribution in [2.45, 2.75) is 77.8 Å². The Morgan fingerprint density at radius 1 is 1.10 bits per heavy atom. The smallest absolute Gasteiger partial charge is 0.322 e. The molecule has 1 aromatic heterocycles. The summed E-state index contributed by atoms with van der Waals surface area (Å²) in [4.78, 5) is 36.8. The molecular formula is C29H42N4O6. The fourth-order valence-electron chi connectivity index (χ4n) is 5.19. The van der Waals surface area contributed by atoms with E-state index in [0.717, 1.165) is 19.3 Å². The highest BCUT2D eigenvalue weighted by atomic mass is 16.5. The number of methoxy groups -OCH3 is 2. The first kappa shape index (κ1) is 30.0. The van der Waals surface area contributed by atoms with Crippen molar-refractivity contribution >= 4 is 17.8 Å². The zero-order chi connectivity index (χ0) is 28.4. The first-order valence-corrected chi connectivity index (χ1v) is 13.8. The second-order valence-corrected chi connectivity index (χ2v) is 10.7. The number of carboxylic acids is 1. The molecule has 1 aliphatic rings. The van der Waals surface area contributed by atoms with Gasteiger partial charge in [-0.15, -0.1) is 0 Å². The molecule has 0 spiro atoms. The van der Waals surface area contributed by atoms with Gasteiger partial charge < -0.3 is 25.2 Å². The van der Waals surface area contributed by atoms with Crippen molar-refractivity contribution in [2.75, 3.05) is 20.8 Å². The molecule has 2 amide bonds. The highest BCUT2D eigenvalue weighted by Gasteiger charge is 2.25. The van der Waals surface area contributed by atoms with Gasteiger partial charge in [0.25, 0.3) is 5.91 Å². The van der Waals surface area contributed by atoms with Crippen molar-refractivity contribution in [2.24, 2.45) is 11.8 Å². The van der Waals surface area contributed by atoms with E-state index in [1.165, 1.54) is 19.3 Å². The second kappa shape index (κ2) is 14.6. The maximum Gasteiger partial charge on any atom is 0.322 e. The number of carbonyl (C=O) groups is 3. The van der Waals surface area contributed by atoms with Crippen LogP contribution in [0.15, 0.2) is 24.3 Å². The summed E-state index contributed by atoms with van der Waals surface area (Å²) in [5.74, 6) is 0.152. The molecule has 1 saturated carbocycles. The Bertz CT molecular complexity index is 1100. The molecule has 2 aromatic rings. The third-order valence-electron chi connectivity index (χ3n) is 7.09. The Morgan fingerprint density at radius 2 is 1.77 bits per heavy atom. The average Bonchev–Trinajstić information content (AvgIpc) is 3.33. The monoisotopic (exact) mass is 542 g/mol. The SMILES string of the molecule is COc1cccc(OC)c1-c1cc(C(=O)N[C@@H](CCC2CCCCC2)CC(=O)NCC(=O)O)nn1CC(C)C. The van der Waals surface area contributed by atoms with Gasteiger partial charge in [-0.2, -0.15) is 5.10 Å². The van der Waals surface area contributed by atoms with Gasteiger partial charge in [0.2, 0.25) is 5.91 Å². The summed E-state index contributed by atoms with van der Waals surface area (Å²) in [7, 11) is 3.17. The van der Waals surface area contributed by atoms with Crippen molar-refractivity contribution in [3.8, 4) is 22.8 Å². The summed E-state index contributed by atoms with van der Waals surface area (Å²) in [6, 6.07) is 6.79. The number of aliphatic carboxylic acids is 1. The minimum absolute atomic E-state index is 0.00559. The van der Waals surface area contributed by atoms with Gasteiger partial charge in [-0.1, -0.05) is 52.0 Å².